The van der Waals surface area contributed by atoms with E-state index in [0.717, 1.165) is 6.42 Å². The van der Waals surface area contributed by atoms with E-state index in [1.807, 2.05) is 20.8 Å². The van der Waals surface area contributed by atoms with Crippen molar-refractivity contribution in [2.45, 2.75) is 50.6 Å². The maximum atomic E-state index is 12.2. The van der Waals surface area contributed by atoms with Crippen LogP contribution in [-0.2, 0) is 24.3 Å². The lowest BCUT2D eigenvalue weighted by atomic mass is 10.0. The Kier molecular flexibility index (Phi) is 8.39. The molecule has 1 aromatic rings. The van der Waals surface area contributed by atoms with Gasteiger partial charge in [-0.15, -0.1) is 0 Å². The first kappa shape index (κ1) is 23.1. The van der Waals surface area contributed by atoms with E-state index < -0.39 is 34.5 Å². The Bertz CT molecular complexity index is 744. The van der Waals surface area contributed by atoms with Gasteiger partial charge in [0.15, 0.2) is 6.61 Å². The van der Waals surface area contributed by atoms with Gasteiger partial charge in [0, 0.05) is 18.7 Å². The standard InChI is InChI=1S/C18H28N2O6S/c1-6-18(3,4)19-16(21)12-26-17(22)14-7-9-15(10-8-14)27(23,24)20-13(2)11-25-5/h7-10,13,20H,6,11-12H2,1-5H3,(H,19,21)/t13-/m0/s1. The van der Waals surface area contributed by atoms with Gasteiger partial charge in [-0.2, -0.15) is 0 Å². The summed E-state index contributed by atoms with van der Waals surface area (Å²) in [5.41, 5.74) is -0.228. The quantitative estimate of drug-likeness (QED) is 0.575. The number of nitrogens with one attached hydrogen (secondary N) is 2. The van der Waals surface area contributed by atoms with Crippen molar-refractivity contribution >= 4 is 21.9 Å². The number of ether oxygens (including phenoxy) is 2. The molecule has 0 fully saturated rings. The van der Waals surface area contributed by atoms with Crippen molar-refractivity contribution in [3.8, 4) is 0 Å². The lowest BCUT2D eigenvalue weighted by Crippen LogP contribution is -2.44. The fourth-order valence-corrected chi connectivity index (χ4v) is 3.33. The van der Waals surface area contributed by atoms with Gasteiger partial charge in [0.05, 0.1) is 17.1 Å². The first-order valence-corrected chi connectivity index (χ1v) is 10.1. The van der Waals surface area contributed by atoms with Crippen molar-refractivity contribution in [2.24, 2.45) is 0 Å². The Morgan fingerprint density at radius 1 is 1.19 bits per heavy atom. The first-order valence-electron chi connectivity index (χ1n) is 8.60. The van der Waals surface area contributed by atoms with Gasteiger partial charge in [-0.05, 0) is 51.5 Å². The van der Waals surface area contributed by atoms with E-state index in [0.29, 0.717) is 0 Å². The molecule has 1 rings (SSSR count). The molecule has 27 heavy (non-hydrogen) atoms. The fraction of sp³-hybridized carbons (Fsp3) is 0.556. The summed E-state index contributed by atoms with van der Waals surface area (Å²) in [6, 6.07) is 4.89. The van der Waals surface area contributed by atoms with Crippen molar-refractivity contribution in [2.75, 3.05) is 20.3 Å². The largest absolute Gasteiger partial charge is 0.452 e. The summed E-state index contributed by atoms with van der Waals surface area (Å²) in [6.07, 6.45) is 0.736. The summed E-state index contributed by atoms with van der Waals surface area (Å²) in [7, 11) is -2.24. The van der Waals surface area contributed by atoms with Crippen LogP contribution in [0.1, 0.15) is 44.5 Å². The second-order valence-electron chi connectivity index (χ2n) is 6.86. The number of rotatable bonds is 10. The van der Waals surface area contributed by atoms with Gasteiger partial charge in [0.25, 0.3) is 5.91 Å². The Hall–Kier alpha value is -1.97. The van der Waals surface area contributed by atoms with Crippen LogP contribution >= 0.6 is 0 Å². The van der Waals surface area contributed by atoms with Crippen LogP contribution in [0, 0.1) is 0 Å². The van der Waals surface area contributed by atoms with Gasteiger partial charge in [-0.3, -0.25) is 4.79 Å². The molecular weight excluding hydrogens is 372 g/mol. The molecule has 0 radical (unpaired) electrons. The number of methoxy groups -OCH3 is 1. The van der Waals surface area contributed by atoms with Crippen molar-refractivity contribution in [1.29, 1.82) is 0 Å². The molecule has 2 N–H and O–H groups in total. The van der Waals surface area contributed by atoms with E-state index in [9.17, 15) is 18.0 Å². The number of hydrogen-bond acceptors (Lipinski definition) is 6. The minimum Gasteiger partial charge on any atom is -0.452 e. The van der Waals surface area contributed by atoms with E-state index in [-0.39, 0.29) is 22.6 Å². The Balaban J connectivity index is 2.68. The summed E-state index contributed by atoms with van der Waals surface area (Å²) in [4.78, 5) is 23.9. The second-order valence-corrected chi connectivity index (χ2v) is 8.58. The van der Waals surface area contributed by atoms with Crippen molar-refractivity contribution in [1.82, 2.24) is 10.0 Å². The number of carbonyl (C=O) groups excluding carboxylic acids is 2. The minimum atomic E-state index is -3.72. The number of hydrogen-bond donors (Lipinski definition) is 2. The lowest BCUT2D eigenvalue weighted by molar-refractivity contribution is -0.125. The van der Waals surface area contributed by atoms with Gasteiger partial charge in [-0.25, -0.2) is 17.9 Å². The number of sulfonamides is 1. The van der Waals surface area contributed by atoms with E-state index in [2.05, 4.69) is 10.0 Å². The first-order chi connectivity index (χ1) is 12.5. The molecule has 0 bridgehead atoms. The van der Waals surface area contributed by atoms with Crippen LogP contribution in [-0.4, -0.2) is 52.2 Å². The van der Waals surface area contributed by atoms with Crippen molar-refractivity contribution in [3.63, 3.8) is 0 Å². The summed E-state index contributed by atoms with van der Waals surface area (Å²) in [5.74, 6) is -1.10. The molecule has 0 heterocycles. The van der Waals surface area contributed by atoms with E-state index >= 15 is 0 Å². The normalized spacial score (nSPS) is 13.1. The molecule has 0 aliphatic rings. The third-order valence-electron chi connectivity index (χ3n) is 3.87. The molecule has 1 aromatic carbocycles. The van der Waals surface area contributed by atoms with Crippen LogP contribution in [0.4, 0.5) is 0 Å². The van der Waals surface area contributed by atoms with Crippen LogP contribution in [0.2, 0.25) is 0 Å². The monoisotopic (exact) mass is 400 g/mol. The highest BCUT2D eigenvalue weighted by Gasteiger charge is 2.20. The summed E-state index contributed by atoms with van der Waals surface area (Å²) >= 11 is 0. The molecule has 0 aliphatic heterocycles. The minimum absolute atomic E-state index is 0.0180. The zero-order chi connectivity index (χ0) is 20.7. The predicted octanol–water partition coefficient (Wildman–Crippen LogP) is 1.46. The van der Waals surface area contributed by atoms with Gasteiger partial charge in [-0.1, -0.05) is 6.92 Å². The van der Waals surface area contributed by atoms with Crippen LogP contribution in [0.15, 0.2) is 29.2 Å². The smallest absolute Gasteiger partial charge is 0.338 e. The number of amides is 1. The molecule has 0 saturated carbocycles. The SMILES string of the molecule is CCC(C)(C)NC(=O)COC(=O)c1ccc(S(=O)(=O)N[C@@H](C)COC)cc1. The third-order valence-corrected chi connectivity index (χ3v) is 5.47. The Labute approximate surface area is 160 Å². The summed E-state index contributed by atoms with van der Waals surface area (Å²) in [6.45, 7) is 7.18. The van der Waals surface area contributed by atoms with Gasteiger partial charge in [0.1, 0.15) is 0 Å². The molecule has 0 aliphatic carbocycles. The molecule has 1 amide bonds. The highest BCUT2D eigenvalue weighted by molar-refractivity contribution is 7.89. The zero-order valence-corrected chi connectivity index (χ0v) is 17.2. The van der Waals surface area contributed by atoms with Gasteiger partial charge in [0.2, 0.25) is 10.0 Å². The van der Waals surface area contributed by atoms with Crippen molar-refractivity contribution in [3.05, 3.63) is 29.8 Å². The predicted molar refractivity (Wildman–Crippen MR) is 101 cm³/mol. The molecule has 0 unspecified atom stereocenters. The molecule has 1 atom stereocenters. The molecule has 0 saturated heterocycles. The molecule has 0 spiro atoms. The van der Waals surface area contributed by atoms with Gasteiger partial charge >= 0.3 is 5.97 Å². The van der Waals surface area contributed by atoms with E-state index in [1.54, 1.807) is 6.92 Å². The highest BCUT2D eigenvalue weighted by atomic mass is 32.2. The van der Waals surface area contributed by atoms with Crippen LogP contribution in [0.25, 0.3) is 0 Å². The van der Waals surface area contributed by atoms with Crippen LogP contribution in [0.3, 0.4) is 0 Å². The second kappa shape index (κ2) is 9.82. The maximum absolute atomic E-state index is 12.2. The summed E-state index contributed by atoms with van der Waals surface area (Å²) in [5, 5.41) is 2.76. The molecule has 0 aromatic heterocycles. The molecule has 152 valence electrons. The van der Waals surface area contributed by atoms with Crippen molar-refractivity contribution < 1.29 is 27.5 Å². The fourth-order valence-electron chi connectivity index (χ4n) is 2.10. The zero-order valence-electron chi connectivity index (χ0n) is 16.4. The topological polar surface area (TPSA) is 111 Å². The van der Waals surface area contributed by atoms with Crippen LogP contribution in [0.5, 0.6) is 0 Å². The molecule has 9 heteroatoms. The Morgan fingerprint density at radius 3 is 2.30 bits per heavy atom. The average molecular weight is 400 g/mol. The van der Waals surface area contributed by atoms with Gasteiger partial charge < -0.3 is 14.8 Å². The number of benzene rings is 1. The highest BCUT2D eigenvalue weighted by Crippen LogP contribution is 2.12. The van der Waals surface area contributed by atoms with E-state index in [4.69, 9.17) is 9.47 Å². The number of carbonyl (C=O) groups is 2. The number of esters is 1. The third kappa shape index (κ3) is 7.66. The van der Waals surface area contributed by atoms with Crippen LogP contribution < -0.4 is 10.0 Å². The molecule has 8 nitrogen and oxygen atoms in total. The lowest BCUT2D eigenvalue weighted by Gasteiger charge is -2.24. The maximum Gasteiger partial charge on any atom is 0.338 e. The Morgan fingerprint density at radius 2 is 1.78 bits per heavy atom. The van der Waals surface area contributed by atoms with E-state index in [1.165, 1.54) is 31.4 Å². The summed E-state index contributed by atoms with van der Waals surface area (Å²) < 4.78 is 36.8. The molecular formula is C18H28N2O6S. The average Bonchev–Trinajstić information content (AvgIpc) is 2.59.